The Balaban J connectivity index is 1.79. The first-order chi connectivity index (χ1) is 13.0. The maximum Gasteiger partial charge on any atom is 0.513 e. The third-order valence-corrected chi connectivity index (χ3v) is 3.99. The zero-order valence-electron chi connectivity index (χ0n) is 15.3. The van der Waals surface area contributed by atoms with Gasteiger partial charge in [-0.2, -0.15) is 0 Å². The number of rotatable bonds is 6. The van der Waals surface area contributed by atoms with E-state index in [1.807, 2.05) is 0 Å². The Hall–Kier alpha value is -3.03. The van der Waals surface area contributed by atoms with Gasteiger partial charge in [-0.15, -0.1) is 0 Å². The Morgan fingerprint density at radius 1 is 1.19 bits per heavy atom. The summed E-state index contributed by atoms with van der Waals surface area (Å²) in [6.07, 6.45) is 1.68. The normalized spacial score (nSPS) is 14.2. The minimum absolute atomic E-state index is 0.0172. The molecule has 8 heteroatoms. The molecule has 2 amide bonds. The van der Waals surface area contributed by atoms with E-state index < -0.39 is 6.16 Å². The average molecular weight is 376 g/mol. The number of benzene rings is 1. The van der Waals surface area contributed by atoms with Crippen LogP contribution in [-0.4, -0.2) is 55.4 Å². The van der Waals surface area contributed by atoms with Gasteiger partial charge in [0.15, 0.2) is 0 Å². The van der Waals surface area contributed by atoms with E-state index in [9.17, 15) is 14.4 Å². The van der Waals surface area contributed by atoms with Crippen molar-refractivity contribution in [3.63, 3.8) is 0 Å². The van der Waals surface area contributed by atoms with Crippen LogP contribution >= 0.6 is 0 Å². The van der Waals surface area contributed by atoms with Crippen LogP contribution in [0.4, 0.5) is 9.59 Å². The van der Waals surface area contributed by atoms with Gasteiger partial charge >= 0.3 is 12.2 Å². The standard InChI is InChI=1S/C19H24N2O6/c1-3-13-26-18(23)21-11-9-15(10-12-21)20-17(22)14-5-7-16(8-6-14)27-19(24)25-4-2/h3,5-8,15H,1,4,9-13H2,2H3,(H,20,22). The lowest BCUT2D eigenvalue weighted by Gasteiger charge is -2.31. The number of amides is 2. The van der Waals surface area contributed by atoms with Gasteiger partial charge in [0.05, 0.1) is 6.61 Å². The van der Waals surface area contributed by atoms with Gasteiger partial charge in [-0.1, -0.05) is 12.7 Å². The third kappa shape index (κ3) is 6.32. The number of carbonyl (C=O) groups is 3. The van der Waals surface area contributed by atoms with E-state index in [0.29, 0.717) is 37.2 Å². The minimum atomic E-state index is -0.784. The van der Waals surface area contributed by atoms with E-state index in [2.05, 4.69) is 16.6 Å². The summed E-state index contributed by atoms with van der Waals surface area (Å²) in [4.78, 5) is 37.0. The molecule has 0 bridgehead atoms. The second-order valence-electron chi connectivity index (χ2n) is 5.91. The summed E-state index contributed by atoms with van der Waals surface area (Å²) in [5, 5.41) is 2.95. The molecule has 2 rings (SSSR count). The summed E-state index contributed by atoms with van der Waals surface area (Å²) in [5.41, 5.74) is 0.457. The van der Waals surface area contributed by atoms with Crippen LogP contribution < -0.4 is 10.1 Å². The highest BCUT2D eigenvalue weighted by molar-refractivity contribution is 5.94. The fourth-order valence-electron chi connectivity index (χ4n) is 2.61. The highest BCUT2D eigenvalue weighted by atomic mass is 16.7. The van der Waals surface area contributed by atoms with Crippen molar-refractivity contribution in [3.05, 3.63) is 42.5 Å². The van der Waals surface area contributed by atoms with Gasteiger partial charge < -0.3 is 24.4 Å². The van der Waals surface area contributed by atoms with Crippen LogP contribution in [0.5, 0.6) is 5.75 Å². The number of piperidine rings is 1. The molecule has 1 aromatic rings. The molecule has 0 radical (unpaired) electrons. The number of likely N-dealkylation sites (tertiary alicyclic amines) is 1. The lowest BCUT2D eigenvalue weighted by atomic mass is 10.0. The Labute approximate surface area is 158 Å². The Bertz CT molecular complexity index is 665. The largest absolute Gasteiger partial charge is 0.513 e. The Kier molecular flexibility index (Phi) is 7.66. The van der Waals surface area contributed by atoms with Gasteiger partial charge in [-0.05, 0) is 44.0 Å². The molecule has 146 valence electrons. The van der Waals surface area contributed by atoms with Crippen LogP contribution in [0, 0.1) is 0 Å². The highest BCUT2D eigenvalue weighted by Crippen LogP contribution is 2.15. The number of ether oxygens (including phenoxy) is 3. The molecule has 1 fully saturated rings. The Morgan fingerprint density at radius 2 is 1.85 bits per heavy atom. The minimum Gasteiger partial charge on any atom is -0.445 e. The molecule has 1 aliphatic rings. The van der Waals surface area contributed by atoms with Gasteiger partial charge in [-0.3, -0.25) is 4.79 Å². The molecule has 0 aliphatic carbocycles. The van der Waals surface area contributed by atoms with Crippen molar-refractivity contribution in [1.82, 2.24) is 10.2 Å². The number of carbonyl (C=O) groups excluding carboxylic acids is 3. The molecule has 0 saturated carbocycles. The van der Waals surface area contributed by atoms with E-state index >= 15 is 0 Å². The molecule has 1 heterocycles. The predicted molar refractivity (Wildman–Crippen MR) is 97.7 cm³/mol. The number of hydrogen-bond donors (Lipinski definition) is 1. The summed E-state index contributed by atoms with van der Waals surface area (Å²) in [5.74, 6) is 0.0849. The fraction of sp³-hybridized carbons (Fsp3) is 0.421. The lowest BCUT2D eigenvalue weighted by molar-refractivity contribution is 0.0873. The van der Waals surface area contributed by atoms with Crippen molar-refractivity contribution in [3.8, 4) is 5.75 Å². The number of nitrogens with one attached hydrogen (secondary N) is 1. The van der Waals surface area contributed by atoms with E-state index in [1.165, 1.54) is 18.2 Å². The summed E-state index contributed by atoms with van der Waals surface area (Å²) in [7, 11) is 0. The Morgan fingerprint density at radius 3 is 2.44 bits per heavy atom. The summed E-state index contributed by atoms with van der Waals surface area (Å²) in [6.45, 7) is 6.64. The molecule has 0 spiro atoms. The van der Waals surface area contributed by atoms with Crippen molar-refractivity contribution in [1.29, 1.82) is 0 Å². The van der Waals surface area contributed by atoms with Crippen molar-refractivity contribution < 1.29 is 28.6 Å². The van der Waals surface area contributed by atoms with Crippen LogP contribution in [0.2, 0.25) is 0 Å². The smallest absolute Gasteiger partial charge is 0.445 e. The average Bonchev–Trinajstić information content (AvgIpc) is 2.67. The van der Waals surface area contributed by atoms with Crippen LogP contribution in [0.25, 0.3) is 0 Å². The first kappa shape index (κ1) is 20.3. The molecule has 1 N–H and O–H groups in total. The van der Waals surface area contributed by atoms with E-state index in [4.69, 9.17) is 9.47 Å². The molecular formula is C19H24N2O6. The second-order valence-corrected chi connectivity index (χ2v) is 5.91. The van der Waals surface area contributed by atoms with Crippen LogP contribution in [0.1, 0.15) is 30.1 Å². The maximum absolute atomic E-state index is 12.3. The van der Waals surface area contributed by atoms with Crippen molar-refractivity contribution in [2.45, 2.75) is 25.8 Å². The molecule has 0 aromatic heterocycles. The van der Waals surface area contributed by atoms with Crippen molar-refractivity contribution in [2.24, 2.45) is 0 Å². The SMILES string of the molecule is C=CCOC(=O)N1CCC(NC(=O)c2ccc(OC(=O)OCC)cc2)CC1. The molecule has 8 nitrogen and oxygen atoms in total. The molecule has 1 aliphatic heterocycles. The van der Waals surface area contributed by atoms with Crippen molar-refractivity contribution >= 4 is 18.2 Å². The quantitative estimate of drug-likeness (QED) is 0.466. The highest BCUT2D eigenvalue weighted by Gasteiger charge is 2.24. The first-order valence-electron chi connectivity index (χ1n) is 8.81. The molecule has 1 aromatic carbocycles. The van der Waals surface area contributed by atoms with E-state index in [-0.39, 0.29) is 31.3 Å². The van der Waals surface area contributed by atoms with Crippen LogP contribution in [0.15, 0.2) is 36.9 Å². The summed E-state index contributed by atoms with van der Waals surface area (Å²) < 4.78 is 14.6. The second kappa shape index (κ2) is 10.2. The molecule has 27 heavy (non-hydrogen) atoms. The zero-order chi connectivity index (χ0) is 19.6. The molecule has 0 unspecified atom stereocenters. The molecular weight excluding hydrogens is 352 g/mol. The lowest BCUT2D eigenvalue weighted by Crippen LogP contribution is -2.46. The fourth-order valence-corrected chi connectivity index (χ4v) is 2.61. The third-order valence-electron chi connectivity index (χ3n) is 3.99. The van der Waals surface area contributed by atoms with Gasteiger partial charge in [0.25, 0.3) is 5.91 Å². The zero-order valence-corrected chi connectivity index (χ0v) is 15.3. The number of nitrogens with zero attached hydrogens (tertiary/aromatic N) is 1. The van der Waals surface area contributed by atoms with Crippen LogP contribution in [0.3, 0.4) is 0 Å². The first-order valence-corrected chi connectivity index (χ1v) is 8.81. The monoisotopic (exact) mass is 376 g/mol. The van der Waals surface area contributed by atoms with E-state index in [0.717, 1.165) is 0 Å². The maximum atomic E-state index is 12.3. The van der Waals surface area contributed by atoms with Gasteiger partial charge in [0.1, 0.15) is 12.4 Å². The van der Waals surface area contributed by atoms with E-state index in [1.54, 1.807) is 24.0 Å². The summed E-state index contributed by atoms with van der Waals surface area (Å²) in [6, 6.07) is 6.20. The number of hydrogen-bond acceptors (Lipinski definition) is 6. The van der Waals surface area contributed by atoms with Gasteiger partial charge in [-0.25, -0.2) is 9.59 Å². The van der Waals surface area contributed by atoms with Crippen LogP contribution in [-0.2, 0) is 9.47 Å². The predicted octanol–water partition coefficient (Wildman–Crippen LogP) is 2.74. The van der Waals surface area contributed by atoms with Crippen molar-refractivity contribution in [2.75, 3.05) is 26.3 Å². The molecule has 1 saturated heterocycles. The summed E-state index contributed by atoms with van der Waals surface area (Å²) >= 11 is 0. The molecule has 0 atom stereocenters. The van der Waals surface area contributed by atoms with Gasteiger partial charge in [0, 0.05) is 24.7 Å². The topological polar surface area (TPSA) is 94.2 Å². The van der Waals surface area contributed by atoms with Gasteiger partial charge in [0.2, 0.25) is 0 Å².